The Bertz CT molecular complexity index is 513. The first-order chi connectivity index (χ1) is 9.74. The lowest BCUT2D eigenvalue weighted by molar-refractivity contribution is -0.121. The second-order valence-electron chi connectivity index (χ2n) is 4.63. The maximum absolute atomic E-state index is 11.8. The molecule has 0 aliphatic rings. The van der Waals surface area contributed by atoms with E-state index in [0.717, 1.165) is 12.1 Å². The van der Waals surface area contributed by atoms with Crippen molar-refractivity contribution in [3.63, 3.8) is 0 Å². The Hall–Kier alpha value is -2.31. The molecule has 2 rings (SSSR count). The Morgan fingerprint density at radius 3 is 3.00 bits per heavy atom. The fourth-order valence-corrected chi connectivity index (χ4v) is 1.90. The fraction of sp³-hybridized carbons (Fsp3) is 0.462. The third-order valence-electron chi connectivity index (χ3n) is 2.80. The predicted molar refractivity (Wildman–Crippen MR) is 72.6 cm³/mol. The number of rotatable bonds is 7. The first-order valence-electron chi connectivity index (χ1n) is 6.60. The number of nitrogens with zero attached hydrogens (tertiary/aromatic N) is 5. The highest BCUT2D eigenvalue weighted by Crippen LogP contribution is 1.99. The number of aromatic nitrogens is 5. The number of aryl methyl sites for hydroxylation is 1. The van der Waals surface area contributed by atoms with Gasteiger partial charge in [0, 0.05) is 44.0 Å². The van der Waals surface area contributed by atoms with E-state index in [1.807, 2.05) is 6.92 Å². The van der Waals surface area contributed by atoms with Crippen molar-refractivity contribution in [2.75, 3.05) is 0 Å². The number of carbonyl (C=O) groups excluding carboxylic acids is 1. The summed E-state index contributed by atoms with van der Waals surface area (Å²) in [6.07, 6.45) is 10.0. The van der Waals surface area contributed by atoms with Crippen molar-refractivity contribution < 1.29 is 4.79 Å². The van der Waals surface area contributed by atoms with Gasteiger partial charge >= 0.3 is 0 Å². The average molecular weight is 274 g/mol. The summed E-state index contributed by atoms with van der Waals surface area (Å²) in [4.78, 5) is 23.8. The molecule has 0 aliphatic heterocycles. The van der Waals surface area contributed by atoms with Crippen molar-refractivity contribution >= 4 is 5.91 Å². The van der Waals surface area contributed by atoms with Gasteiger partial charge < -0.3 is 5.32 Å². The molecule has 0 aromatic carbocycles. The highest BCUT2D eigenvalue weighted by Gasteiger charge is 2.08. The van der Waals surface area contributed by atoms with Crippen molar-refractivity contribution in [1.82, 2.24) is 30.0 Å². The van der Waals surface area contributed by atoms with E-state index in [1.165, 1.54) is 6.33 Å². The summed E-state index contributed by atoms with van der Waals surface area (Å²) in [5.74, 6) is 0.0431. The minimum absolute atomic E-state index is 0.0431. The topological polar surface area (TPSA) is 85.6 Å². The molecule has 1 amide bonds. The minimum atomic E-state index is 0.0431. The van der Waals surface area contributed by atoms with E-state index in [1.54, 1.807) is 29.6 Å². The maximum Gasteiger partial charge on any atom is 0.220 e. The molecule has 20 heavy (non-hydrogen) atoms. The Kier molecular flexibility index (Phi) is 5.16. The minimum Gasteiger partial charge on any atom is -0.353 e. The van der Waals surface area contributed by atoms with Gasteiger partial charge in [-0.1, -0.05) is 0 Å². The second kappa shape index (κ2) is 7.32. The van der Waals surface area contributed by atoms with Crippen LogP contribution in [0.3, 0.4) is 0 Å². The fourth-order valence-electron chi connectivity index (χ4n) is 1.90. The average Bonchev–Trinajstić information content (AvgIpc) is 2.93. The van der Waals surface area contributed by atoms with Crippen molar-refractivity contribution in [3.8, 4) is 0 Å². The monoisotopic (exact) mass is 274 g/mol. The predicted octanol–water partition coefficient (Wildman–Crippen LogP) is 0.596. The molecule has 0 radical (unpaired) electrons. The van der Waals surface area contributed by atoms with Crippen LogP contribution in [0.4, 0.5) is 0 Å². The van der Waals surface area contributed by atoms with Crippen molar-refractivity contribution in [2.24, 2.45) is 0 Å². The molecule has 0 bridgehead atoms. The van der Waals surface area contributed by atoms with E-state index in [2.05, 4.69) is 25.4 Å². The summed E-state index contributed by atoms with van der Waals surface area (Å²) < 4.78 is 1.72. The zero-order valence-electron chi connectivity index (χ0n) is 11.4. The van der Waals surface area contributed by atoms with Gasteiger partial charge in [0.15, 0.2) is 0 Å². The molecule has 2 heterocycles. The highest BCUT2D eigenvalue weighted by atomic mass is 16.1. The van der Waals surface area contributed by atoms with Crippen LogP contribution >= 0.6 is 0 Å². The molecular formula is C13H18N6O. The Balaban J connectivity index is 1.66. The SMILES string of the molecule is C[C@@H](Cc1cnccn1)NC(=O)CCCn1cncn1. The summed E-state index contributed by atoms with van der Waals surface area (Å²) >= 11 is 0. The molecule has 2 aromatic rings. The number of carbonyl (C=O) groups is 1. The van der Waals surface area contributed by atoms with Crippen LogP contribution < -0.4 is 5.32 Å². The molecule has 0 aliphatic carbocycles. The van der Waals surface area contributed by atoms with Crippen LogP contribution in [0.25, 0.3) is 0 Å². The molecule has 7 nitrogen and oxygen atoms in total. The van der Waals surface area contributed by atoms with E-state index >= 15 is 0 Å². The molecule has 0 saturated heterocycles. The van der Waals surface area contributed by atoms with E-state index in [4.69, 9.17) is 0 Å². The highest BCUT2D eigenvalue weighted by molar-refractivity contribution is 5.76. The van der Waals surface area contributed by atoms with Crippen molar-refractivity contribution in [2.45, 2.75) is 38.8 Å². The lowest BCUT2D eigenvalue weighted by atomic mass is 10.2. The summed E-state index contributed by atoms with van der Waals surface area (Å²) in [5.41, 5.74) is 0.878. The van der Waals surface area contributed by atoms with E-state index in [-0.39, 0.29) is 11.9 Å². The van der Waals surface area contributed by atoms with Crippen LogP contribution in [0, 0.1) is 0 Å². The van der Waals surface area contributed by atoms with Crippen LogP contribution in [0.1, 0.15) is 25.5 Å². The van der Waals surface area contributed by atoms with Gasteiger partial charge in [-0.15, -0.1) is 0 Å². The zero-order valence-corrected chi connectivity index (χ0v) is 11.4. The van der Waals surface area contributed by atoms with Gasteiger partial charge in [-0.05, 0) is 13.3 Å². The van der Waals surface area contributed by atoms with Crippen molar-refractivity contribution in [3.05, 3.63) is 36.9 Å². The van der Waals surface area contributed by atoms with Gasteiger partial charge in [-0.3, -0.25) is 19.4 Å². The quantitative estimate of drug-likeness (QED) is 0.799. The molecular weight excluding hydrogens is 256 g/mol. The lowest BCUT2D eigenvalue weighted by Gasteiger charge is -2.13. The molecule has 0 saturated carbocycles. The zero-order chi connectivity index (χ0) is 14.2. The first kappa shape index (κ1) is 14.1. The third-order valence-corrected chi connectivity index (χ3v) is 2.80. The van der Waals surface area contributed by atoms with Crippen LogP contribution in [0.2, 0.25) is 0 Å². The number of hydrogen-bond donors (Lipinski definition) is 1. The van der Waals surface area contributed by atoms with Crippen LogP contribution in [0.5, 0.6) is 0 Å². The largest absolute Gasteiger partial charge is 0.353 e. The molecule has 0 spiro atoms. The van der Waals surface area contributed by atoms with Gasteiger partial charge in [-0.2, -0.15) is 5.10 Å². The van der Waals surface area contributed by atoms with Gasteiger partial charge in [0.1, 0.15) is 12.7 Å². The Morgan fingerprint density at radius 2 is 2.30 bits per heavy atom. The van der Waals surface area contributed by atoms with Crippen LogP contribution in [-0.2, 0) is 17.8 Å². The third kappa shape index (κ3) is 4.75. The standard InChI is InChI=1S/C13H18N6O/c1-11(7-12-8-14-4-5-16-12)18-13(20)3-2-6-19-10-15-9-17-19/h4-5,8-11H,2-3,6-7H2,1H3,(H,18,20)/t11-/m0/s1. The molecule has 1 N–H and O–H groups in total. The normalized spacial score (nSPS) is 12.1. The molecule has 7 heteroatoms. The second-order valence-corrected chi connectivity index (χ2v) is 4.63. The molecule has 2 aromatic heterocycles. The van der Waals surface area contributed by atoms with E-state index in [9.17, 15) is 4.79 Å². The summed E-state index contributed by atoms with van der Waals surface area (Å²) in [6.45, 7) is 2.66. The van der Waals surface area contributed by atoms with E-state index < -0.39 is 0 Å². The molecule has 0 fully saturated rings. The molecule has 1 atom stereocenters. The summed E-state index contributed by atoms with van der Waals surface area (Å²) in [5, 5.41) is 6.94. The number of hydrogen-bond acceptors (Lipinski definition) is 5. The van der Waals surface area contributed by atoms with E-state index in [0.29, 0.717) is 19.4 Å². The van der Waals surface area contributed by atoms with Gasteiger partial charge in [0.05, 0.1) is 5.69 Å². The first-order valence-corrected chi connectivity index (χ1v) is 6.60. The van der Waals surface area contributed by atoms with Crippen molar-refractivity contribution in [1.29, 1.82) is 0 Å². The Labute approximate surface area is 117 Å². The number of nitrogens with one attached hydrogen (secondary N) is 1. The molecule has 0 unspecified atom stereocenters. The van der Waals surface area contributed by atoms with Gasteiger partial charge in [0.25, 0.3) is 0 Å². The van der Waals surface area contributed by atoms with Crippen LogP contribution in [-0.4, -0.2) is 36.7 Å². The summed E-state index contributed by atoms with van der Waals surface area (Å²) in [6, 6.07) is 0.0468. The molecule has 106 valence electrons. The summed E-state index contributed by atoms with van der Waals surface area (Å²) in [7, 11) is 0. The Morgan fingerprint density at radius 1 is 1.40 bits per heavy atom. The van der Waals surface area contributed by atoms with Crippen LogP contribution in [0.15, 0.2) is 31.2 Å². The van der Waals surface area contributed by atoms with Gasteiger partial charge in [-0.25, -0.2) is 4.98 Å². The lowest BCUT2D eigenvalue weighted by Crippen LogP contribution is -2.34. The number of amides is 1. The maximum atomic E-state index is 11.8. The smallest absolute Gasteiger partial charge is 0.220 e. The van der Waals surface area contributed by atoms with Gasteiger partial charge in [0.2, 0.25) is 5.91 Å².